The molecule has 3 aromatic rings. The van der Waals surface area contributed by atoms with E-state index in [4.69, 9.17) is 18.9 Å². The van der Waals surface area contributed by atoms with Crippen molar-refractivity contribution >= 4 is 11.8 Å². The molecule has 2 aliphatic rings. The number of rotatable bonds is 13. The van der Waals surface area contributed by atoms with Crippen LogP contribution >= 0.6 is 0 Å². The minimum absolute atomic E-state index is 0.00327. The van der Waals surface area contributed by atoms with Crippen molar-refractivity contribution in [1.29, 1.82) is 0 Å². The molecule has 1 saturated heterocycles. The van der Waals surface area contributed by atoms with E-state index >= 15 is 0 Å². The molecule has 0 bridgehead atoms. The smallest absolute Gasteiger partial charge is 0.406 e. The second kappa shape index (κ2) is 15.6. The molecule has 0 spiro atoms. The van der Waals surface area contributed by atoms with Gasteiger partial charge in [0, 0.05) is 38.0 Å². The summed E-state index contributed by atoms with van der Waals surface area (Å²) < 4.78 is 55.1. The standard InChI is InChI=1S/C33H39F2N3O6/c1-40-33(39)37-13-14-38-15-18-43-30-10-3-23(19-29(30)38)22-44-32-21-36-12-11-27(32)24-4-7-26(8-5-24)41-16-2-17-42-31-20-25(34)6-9-28(31)35/h3-10,19-20,27,32,36H,2,11-18,21-22H2,1H3,(H,37,39). The van der Waals surface area contributed by atoms with Crippen molar-refractivity contribution in [3.05, 3.63) is 83.4 Å². The van der Waals surface area contributed by atoms with Gasteiger partial charge in [0.2, 0.25) is 0 Å². The van der Waals surface area contributed by atoms with Crippen LogP contribution in [0.1, 0.15) is 29.9 Å². The van der Waals surface area contributed by atoms with Crippen molar-refractivity contribution in [1.82, 2.24) is 10.6 Å². The molecule has 3 aromatic carbocycles. The molecule has 236 valence electrons. The Hall–Kier alpha value is -4.09. The van der Waals surface area contributed by atoms with Gasteiger partial charge in [-0.25, -0.2) is 13.6 Å². The third kappa shape index (κ3) is 8.51. The highest BCUT2D eigenvalue weighted by Crippen LogP contribution is 2.34. The van der Waals surface area contributed by atoms with Gasteiger partial charge in [0.25, 0.3) is 0 Å². The SMILES string of the molecule is COC(=O)NCCN1CCOc2ccc(COC3CNCCC3c3ccc(OCCCOc4cc(F)ccc4F)cc3)cc21. The zero-order valence-electron chi connectivity index (χ0n) is 24.9. The first-order valence-corrected chi connectivity index (χ1v) is 15.0. The Bertz CT molecular complexity index is 1380. The Morgan fingerprint density at radius 2 is 1.91 bits per heavy atom. The summed E-state index contributed by atoms with van der Waals surface area (Å²) in [6.45, 7) is 5.18. The molecule has 0 saturated carbocycles. The van der Waals surface area contributed by atoms with Crippen LogP contribution in [0, 0.1) is 11.6 Å². The number of amides is 1. The van der Waals surface area contributed by atoms with Crippen molar-refractivity contribution in [2.75, 3.05) is 64.6 Å². The average Bonchev–Trinajstić information content (AvgIpc) is 3.05. The summed E-state index contributed by atoms with van der Waals surface area (Å²) in [5, 5.41) is 6.19. The lowest BCUT2D eigenvalue weighted by Gasteiger charge is -2.33. The largest absolute Gasteiger partial charge is 0.493 e. The number of alkyl carbamates (subject to hydrolysis) is 1. The molecule has 2 aliphatic heterocycles. The van der Waals surface area contributed by atoms with E-state index in [0.717, 1.165) is 67.0 Å². The van der Waals surface area contributed by atoms with Crippen LogP contribution < -0.4 is 29.7 Å². The summed E-state index contributed by atoms with van der Waals surface area (Å²) in [4.78, 5) is 13.6. The fraction of sp³-hybridized carbons (Fsp3) is 0.424. The number of hydrogen-bond donors (Lipinski definition) is 2. The van der Waals surface area contributed by atoms with E-state index in [2.05, 4.69) is 38.5 Å². The van der Waals surface area contributed by atoms with Crippen molar-refractivity contribution in [2.24, 2.45) is 0 Å². The molecular weight excluding hydrogens is 572 g/mol. The second-order valence-corrected chi connectivity index (χ2v) is 10.7. The topological polar surface area (TPSA) is 90.5 Å². The molecule has 0 radical (unpaired) electrons. The zero-order chi connectivity index (χ0) is 30.7. The third-order valence-electron chi connectivity index (χ3n) is 7.73. The number of carbonyl (C=O) groups excluding carboxylic acids is 1. The van der Waals surface area contributed by atoms with Crippen molar-refractivity contribution in [3.8, 4) is 17.2 Å². The van der Waals surface area contributed by atoms with Crippen molar-refractivity contribution in [2.45, 2.75) is 31.5 Å². The zero-order valence-corrected chi connectivity index (χ0v) is 24.9. The number of fused-ring (bicyclic) bond motifs is 1. The van der Waals surface area contributed by atoms with Crippen LogP contribution in [-0.4, -0.2) is 71.9 Å². The summed E-state index contributed by atoms with van der Waals surface area (Å²) in [6, 6.07) is 17.3. The molecule has 5 rings (SSSR count). The quantitative estimate of drug-likeness (QED) is 0.260. The average molecular weight is 612 g/mol. The van der Waals surface area contributed by atoms with E-state index in [0.29, 0.717) is 39.3 Å². The molecular formula is C33H39F2N3O6. The van der Waals surface area contributed by atoms with Gasteiger partial charge in [-0.15, -0.1) is 0 Å². The van der Waals surface area contributed by atoms with E-state index < -0.39 is 17.7 Å². The number of anilines is 1. The fourth-order valence-corrected chi connectivity index (χ4v) is 5.43. The highest BCUT2D eigenvalue weighted by atomic mass is 19.1. The maximum Gasteiger partial charge on any atom is 0.406 e. The molecule has 2 heterocycles. The molecule has 0 aliphatic carbocycles. The molecule has 11 heteroatoms. The maximum absolute atomic E-state index is 13.7. The first-order chi connectivity index (χ1) is 21.5. The summed E-state index contributed by atoms with van der Waals surface area (Å²) >= 11 is 0. The van der Waals surface area contributed by atoms with Gasteiger partial charge in [-0.3, -0.25) is 0 Å². The van der Waals surface area contributed by atoms with E-state index in [1.54, 1.807) is 0 Å². The number of halogens is 2. The van der Waals surface area contributed by atoms with Crippen LogP contribution in [0.5, 0.6) is 17.2 Å². The summed E-state index contributed by atoms with van der Waals surface area (Å²) in [5.74, 6) is 0.573. The number of nitrogens with one attached hydrogen (secondary N) is 2. The minimum Gasteiger partial charge on any atom is -0.493 e. The Labute approximate surface area is 256 Å². The number of ether oxygens (including phenoxy) is 5. The molecule has 44 heavy (non-hydrogen) atoms. The molecule has 1 fully saturated rings. The van der Waals surface area contributed by atoms with Gasteiger partial charge in [0.1, 0.15) is 23.9 Å². The Morgan fingerprint density at radius 1 is 1.07 bits per heavy atom. The van der Waals surface area contributed by atoms with Crippen LogP contribution in [0.2, 0.25) is 0 Å². The third-order valence-corrected chi connectivity index (χ3v) is 7.73. The number of carbonyl (C=O) groups is 1. The molecule has 2 unspecified atom stereocenters. The number of hydrogen-bond acceptors (Lipinski definition) is 8. The van der Waals surface area contributed by atoms with Gasteiger partial charge >= 0.3 is 6.09 Å². The number of methoxy groups -OCH3 is 1. The van der Waals surface area contributed by atoms with Gasteiger partial charge in [-0.1, -0.05) is 18.2 Å². The number of benzene rings is 3. The molecule has 2 N–H and O–H groups in total. The summed E-state index contributed by atoms with van der Waals surface area (Å²) in [5.41, 5.74) is 3.24. The van der Waals surface area contributed by atoms with Crippen molar-refractivity contribution < 1.29 is 37.3 Å². The highest BCUT2D eigenvalue weighted by Gasteiger charge is 2.27. The normalized spacial score (nSPS) is 17.8. The van der Waals surface area contributed by atoms with E-state index in [-0.39, 0.29) is 24.4 Å². The van der Waals surface area contributed by atoms with Gasteiger partial charge in [-0.2, -0.15) is 0 Å². The van der Waals surface area contributed by atoms with Gasteiger partial charge in [0.15, 0.2) is 11.6 Å². The second-order valence-electron chi connectivity index (χ2n) is 10.7. The lowest BCUT2D eigenvalue weighted by atomic mass is 9.87. The molecule has 9 nitrogen and oxygen atoms in total. The Balaban J connectivity index is 1.11. The van der Waals surface area contributed by atoms with E-state index in [9.17, 15) is 13.6 Å². The highest BCUT2D eigenvalue weighted by molar-refractivity contribution is 5.67. The number of piperidine rings is 1. The fourth-order valence-electron chi connectivity index (χ4n) is 5.43. The number of nitrogens with zero attached hydrogens (tertiary/aromatic N) is 1. The van der Waals surface area contributed by atoms with Crippen LogP contribution in [-0.2, 0) is 16.1 Å². The van der Waals surface area contributed by atoms with Crippen LogP contribution in [0.25, 0.3) is 0 Å². The first kappa shape index (κ1) is 31.3. The Morgan fingerprint density at radius 3 is 2.75 bits per heavy atom. The maximum atomic E-state index is 13.7. The minimum atomic E-state index is -0.589. The lowest BCUT2D eigenvalue weighted by Crippen LogP contribution is -2.41. The molecule has 1 amide bonds. The lowest BCUT2D eigenvalue weighted by molar-refractivity contribution is 0.0106. The van der Waals surface area contributed by atoms with E-state index in [1.807, 2.05) is 24.3 Å². The van der Waals surface area contributed by atoms with Gasteiger partial charge in [-0.05, 0) is 60.5 Å². The predicted octanol–water partition coefficient (Wildman–Crippen LogP) is 5.03. The molecule has 0 aromatic heterocycles. The van der Waals surface area contributed by atoms with Crippen LogP contribution in [0.3, 0.4) is 0 Å². The molecule has 2 atom stereocenters. The van der Waals surface area contributed by atoms with Gasteiger partial charge in [0.05, 0.1) is 45.3 Å². The predicted molar refractivity (Wildman–Crippen MR) is 162 cm³/mol. The van der Waals surface area contributed by atoms with E-state index in [1.165, 1.54) is 12.7 Å². The summed E-state index contributed by atoms with van der Waals surface area (Å²) in [6.07, 6.45) is 1.04. The summed E-state index contributed by atoms with van der Waals surface area (Å²) in [7, 11) is 1.35. The van der Waals surface area contributed by atoms with Crippen molar-refractivity contribution in [3.63, 3.8) is 0 Å². The van der Waals surface area contributed by atoms with Crippen LogP contribution in [0.4, 0.5) is 19.3 Å². The first-order valence-electron chi connectivity index (χ1n) is 15.0. The van der Waals surface area contributed by atoms with Crippen LogP contribution in [0.15, 0.2) is 60.7 Å². The Kier molecular flexibility index (Phi) is 11.1. The van der Waals surface area contributed by atoms with Gasteiger partial charge < -0.3 is 39.2 Å². The monoisotopic (exact) mass is 611 g/mol.